The number of imide groups is 1. The average Bonchev–Trinajstić information content (AvgIpc) is 2.46. The molecule has 0 bridgehead atoms. The van der Waals surface area contributed by atoms with Crippen LogP contribution in [0.3, 0.4) is 0 Å². The lowest BCUT2D eigenvalue weighted by Crippen LogP contribution is -2.34. The molecule has 0 aliphatic rings. The van der Waals surface area contributed by atoms with Crippen LogP contribution in [0.15, 0.2) is 42.5 Å². The van der Waals surface area contributed by atoms with E-state index in [2.05, 4.69) is 31.4 Å². The highest BCUT2D eigenvalue weighted by Gasteiger charge is 2.17. The molecule has 0 heterocycles. The lowest BCUT2D eigenvalue weighted by molar-refractivity contribution is 0.0967. The molecular weight excluding hydrogens is 347 g/mol. The van der Waals surface area contributed by atoms with Gasteiger partial charge in [-0.15, -0.1) is 0 Å². The van der Waals surface area contributed by atoms with Crippen LogP contribution in [-0.2, 0) is 5.41 Å². The number of hydrogen-bond acceptors (Lipinski definition) is 2. The van der Waals surface area contributed by atoms with Crippen LogP contribution in [0, 0.1) is 0 Å². The first-order valence-corrected chi connectivity index (χ1v) is 8.11. The molecular formula is C18H18Cl2N2O2. The fraction of sp³-hybridized carbons (Fsp3) is 0.222. The summed E-state index contributed by atoms with van der Waals surface area (Å²) in [6, 6.07) is 11.5. The summed E-state index contributed by atoms with van der Waals surface area (Å²) in [7, 11) is 0. The van der Waals surface area contributed by atoms with Crippen LogP contribution in [-0.4, -0.2) is 11.9 Å². The van der Waals surface area contributed by atoms with Gasteiger partial charge in [-0.25, -0.2) is 4.79 Å². The fourth-order valence-corrected chi connectivity index (χ4v) is 2.67. The molecule has 2 N–H and O–H groups in total. The van der Waals surface area contributed by atoms with Gasteiger partial charge in [-0.3, -0.25) is 10.1 Å². The van der Waals surface area contributed by atoms with E-state index in [0.717, 1.165) is 5.56 Å². The number of carbonyl (C=O) groups excluding carboxylic acids is 2. The summed E-state index contributed by atoms with van der Waals surface area (Å²) in [5, 5.41) is 5.18. The summed E-state index contributed by atoms with van der Waals surface area (Å²) >= 11 is 11.9. The number of amides is 3. The van der Waals surface area contributed by atoms with Crippen molar-refractivity contribution < 1.29 is 9.59 Å². The number of benzene rings is 2. The van der Waals surface area contributed by atoms with Crippen molar-refractivity contribution in [2.24, 2.45) is 0 Å². The standard InChI is InChI=1S/C18H18Cl2N2O2/c1-18(2,3)11-7-9-12(10-8-11)21-17(24)22-16(23)15-13(19)5-4-6-14(15)20/h4-10H,1-3H3,(H2,21,22,23,24). The van der Waals surface area contributed by atoms with Crippen LogP contribution < -0.4 is 10.6 Å². The molecule has 0 aliphatic heterocycles. The van der Waals surface area contributed by atoms with Gasteiger partial charge in [0.15, 0.2) is 0 Å². The molecule has 2 aromatic rings. The van der Waals surface area contributed by atoms with Gasteiger partial charge in [0.05, 0.1) is 15.6 Å². The van der Waals surface area contributed by atoms with Gasteiger partial charge in [0.2, 0.25) is 0 Å². The van der Waals surface area contributed by atoms with Crippen molar-refractivity contribution in [3.8, 4) is 0 Å². The Balaban J connectivity index is 2.04. The highest BCUT2D eigenvalue weighted by Crippen LogP contribution is 2.25. The number of rotatable bonds is 2. The summed E-state index contributed by atoms with van der Waals surface area (Å²) < 4.78 is 0. The Bertz CT molecular complexity index is 745. The van der Waals surface area contributed by atoms with E-state index in [1.54, 1.807) is 18.2 Å². The Kier molecular flexibility index (Phi) is 5.52. The Morgan fingerprint density at radius 1 is 0.917 bits per heavy atom. The molecule has 0 fully saturated rings. The van der Waals surface area contributed by atoms with Gasteiger partial charge in [-0.1, -0.05) is 62.2 Å². The molecule has 0 aromatic heterocycles. The van der Waals surface area contributed by atoms with Crippen molar-refractivity contribution in [1.29, 1.82) is 0 Å². The summed E-state index contributed by atoms with van der Waals surface area (Å²) in [5.74, 6) is -0.658. The smallest absolute Gasteiger partial charge is 0.308 e. The van der Waals surface area contributed by atoms with E-state index < -0.39 is 11.9 Å². The molecule has 2 rings (SSSR count). The van der Waals surface area contributed by atoms with E-state index in [1.807, 2.05) is 12.1 Å². The van der Waals surface area contributed by atoms with E-state index in [1.165, 1.54) is 12.1 Å². The van der Waals surface area contributed by atoms with Crippen molar-refractivity contribution in [2.75, 3.05) is 5.32 Å². The van der Waals surface area contributed by atoms with Crippen LogP contribution in [0.4, 0.5) is 10.5 Å². The van der Waals surface area contributed by atoms with Crippen molar-refractivity contribution >= 4 is 40.8 Å². The van der Waals surface area contributed by atoms with Crippen molar-refractivity contribution in [1.82, 2.24) is 5.32 Å². The molecule has 126 valence electrons. The monoisotopic (exact) mass is 364 g/mol. The van der Waals surface area contributed by atoms with Crippen molar-refractivity contribution in [3.63, 3.8) is 0 Å². The summed E-state index contributed by atoms with van der Waals surface area (Å²) in [6.07, 6.45) is 0. The minimum atomic E-state index is -0.658. The highest BCUT2D eigenvalue weighted by molar-refractivity contribution is 6.40. The third-order valence-electron chi connectivity index (χ3n) is 3.43. The SMILES string of the molecule is CC(C)(C)c1ccc(NC(=O)NC(=O)c2c(Cl)cccc2Cl)cc1. The quantitative estimate of drug-likeness (QED) is 0.763. The van der Waals surface area contributed by atoms with Gasteiger partial charge in [0.25, 0.3) is 5.91 Å². The Labute approximate surface area is 151 Å². The molecule has 0 unspecified atom stereocenters. The van der Waals surface area contributed by atoms with Crippen molar-refractivity contribution in [2.45, 2.75) is 26.2 Å². The Morgan fingerprint density at radius 2 is 1.46 bits per heavy atom. The van der Waals surface area contributed by atoms with Crippen LogP contribution >= 0.6 is 23.2 Å². The van der Waals surface area contributed by atoms with Gasteiger partial charge in [-0.05, 0) is 35.2 Å². The lowest BCUT2D eigenvalue weighted by Gasteiger charge is -2.19. The predicted molar refractivity (Wildman–Crippen MR) is 98.1 cm³/mol. The molecule has 3 amide bonds. The first kappa shape index (κ1) is 18.3. The highest BCUT2D eigenvalue weighted by atomic mass is 35.5. The molecule has 0 saturated heterocycles. The summed E-state index contributed by atoms with van der Waals surface area (Å²) in [5.41, 5.74) is 1.82. The van der Waals surface area contributed by atoms with E-state index in [9.17, 15) is 9.59 Å². The van der Waals surface area contributed by atoms with Gasteiger partial charge >= 0.3 is 6.03 Å². The zero-order chi connectivity index (χ0) is 17.9. The molecule has 6 heteroatoms. The number of urea groups is 1. The lowest BCUT2D eigenvalue weighted by atomic mass is 9.87. The number of halogens is 2. The normalized spacial score (nSPS) is 11.0. The first-order valence-electron chi connectivity index (χ1n) is 7.35. The van der Waals surface area contributed by atoms with Gasteiger partial charge in [0, 0.05) is 5.69 Å². The summed E-state index contributed by atoms with van der Waals surface area (Å²) in [4.78, 5) is 24.1. The first-order chi connectivity index (χ1) is 11.2. The van der Waals surface area contributed by atoms with E-state index >= 15 is 0 Å². The number of anilines is 1. The second kappa shape index (κ2) is 7.24. The number of carbonyl (C=O) groups is 2. The molecule has 0 saturated carbocycles. The average molecular weight is 365 g/mol. The second-order valence-corrected chi connectivity index (χ2v) is 7.15. The van der Waals surface area contributed by atoms with Gasteiger partial charge in [0.1, 0.15) is 0 Å². The fourth-order valence-electron chi connectivity index (χ4n) is 2.10. The Hall–Kier alpha value is -2.04. The minimum absolute atomic E-state index is 0.0254. The molecule has 2 aromatic carbocycles. The van der Waals surface area contributed by atoms with E-state index in [4.69, 9.17) is 23.2 Å². The topological polar surface area (TPSA) is 58.2 Å². The summed E-state index contributed by atoms with van der Waals surface area (Å²) in [6.45, 7) is 6.32. The van der Waals surface area contributed by atoms with Crippen LogP contribution in [0.2, 0.25) is 10.0 Å². The maximum absolute atomic E-state index is 12.1. The minimum Gasteiger partial charge on any atom is -0.308 e. The number of nitrogens with one attached hydrogen (secondary N) is 2. The molecule has 24 heavy (non-hydrogen) atoms. The second-order valence-electron chi connectivity index (χ2n) is 6.33. The van der Waals surface area contributed by atoms with Crippen molar-refractivity contribution in [3.05, 3.63) is 63.6 Å². The molecule has 0 radical (unpaired) electrons. The molecule has 0 spiro atoms. The van der Waals surface area contributed by atoms with E-state index in [-0.39, 0.29) is 21.0 Å². The zero-order valence-corrected chi connectivity index (χ0v) is 15.1. The molecule has 0 aliphatic carbocycles. The maximum atomic E-state index is 12.1. The number of hydrogen-bond donors (Lipinski definition) is 2. The molecule has 4 nitrogen and oxygen atoms in total. The third-order valence-corrected chi connectivity index (χ3v) is 4.06. The largest absolute Gasteiger partial charge is 0.326 e. The van der Waals surface area contributed by atoms with Crippen LogP contribution in [0.25, 0.3) is 0 Å². The van der Waals surface area contributed by atoms with Gasteiger partial charge < -0.3 is 5.32 Å². The Morgan fingerprint density at radius 3 is 1.96 bits per heavy atom. The van der Waals surface area contributed by atoms with Crippen LogP contribution in [0.5, 0.6) is 0 Å². The van der Waals surface area contributed by atoms with Gasteiger partial charge in [-0.2, -0.15) is 0 Å². The van der Waals surface area contributed by atoms with E-state index in [0.29, 0.717) is 5.69 Å². The van der Waals surface area contributed by atoms with Crippen LogP contribution in [0.1, 0.15) is 36.7 Å². The molecule has 0 atom stereocenters. The maximum Gasteiger partial charge on any atom is 0.326 e. The predicted octanol–water partition coefficient (Wildman–Crippen LogP) is 5.25. The third kappa shape index (κ3) is 4.49. The zero-order valence-electron chi connectivity index (χ0n) is 13.6.